The highest BCUT2D eigenvalue weighted by Crippen LogP contribution is 2.15. The molecule has 53 heavy (non-hydrogen) atoms. The van der Waals surface area contributed by atoms with Gasteiger partial charge in [0.2, 0.25) is 23.6 Å². The minimum Gasteiger partial charge on any atom is -0.370 e. The number of nitrogens with zero attached hydrogens (tertiary/aromatic N) is 1. The third-order valence-electron chi connectivity index (χ3n) is 9.88. The molecule has 0 heterocycles. The molecule has 0 saturated heterocycles. The van der Waals surface area contributed by atoms with Gasteiger partial charge in [0.25, 0.3) is 0 Å². The van der Waals surface area contributed by atoms with E-state index in [4.69, 9.17) is 16.9 Å². The summed E-state index contributed by atoms with van der Waals surface area (Å²) in [4.78, 5) is 52.9. The van der Waals surface area contributed by atoms with Crippen LogP contribution in [0.3, 0.4) is 0 Å². The number of hydrogen-bond donors (Lipinski definition) is 5. The first-order valence-corrected chi connectivity index (χ1v) is 21.9. The zero-order valence-corrected chi connectivity index (χ0v) is 34.3. The molecule has 0 aromatic carbocycles. The number of amides is 4. The smallest absolute Gasteiger partial charge is 0.237 e. The van der Waals surface area contributed by atoms with Gasteiger partial charge in [-0.2, -0.15) is 0 Å². The maximum atomic E-state index is 13.2. The van der Waals surface area contributed by atoms with E-state index in [1.807, 2.05) is 0 Å². The van der Waals surface area contributed by atoms with E-state index >= 15 is 0 Å². The Morgan fingerprint density at radius 1 is 0.528 bits per heavy atom. The fraction of sp³-hybridized carbons (Fsp3) is 0.837. The standard InChI is InChI=1S/C43H82N6O4/c1-3-5-7-9-11-13-15-17-18-20-22-24-26-28-30-34-40(51)49(41(52)35-37-47-42(53)38(44)32-31-36-48-43(45)46)39(50)33-29-27-25-23-21-19-16-14-12-10-8-6-4-2/h17-18,38H,3-16,19-37,44H2,1-2H3,(H,47,53)(H4,45,46,48)/b18-17-. The lowest BCUT2D eigenvalue weighted by molar-refractivity contribution is -0.154. The number of guanidine groups is 1. The minimum atomic E-state index is -0.769. The number of imide groups is 3. The van der Waals surface area contributed by atoms with Crippen molar-refractivity contribution < 1.29 is 19.2 Å². The first-order chi connectivity index (χ1) is 25.7. The molecule has 1 unspecified atom stereocenters. The molecule has 0 fully saturated rings. The Bertz CT molecular complexity index is 972. The van der Waals surface area contributed by atoms with Gasteiger partial charge >= 0.3 is 0 Å². The highest BCUT2D eigenvalue weighted by Gasteiger charge is 2.27. The van der Waals surface area contributed by atoms with Gasteiger partial charge in [-0.05, 0) is 51.4 Å². The Balaban J connectivity index is 4.60. The largest absolute Gasteiger partial charge is 0.370 e. The molecule has 10 nitrogen and oxygen atoms in total. The molecule has 0 bridgehead atoms. The normalized spacial score (nSPS) is 11.8. The predicted molar refractivity (Wildman–Crippen MR) is 221 cm³/mol. The van der Waals surface area contributed by atoms with Crippen LogP contribution in [0.2, 0.25) is 0 Å². The number of allylic oxidation sites excluding steroid dienone is 2. The van der Waals surface area contributed by atoms with Crippen LogP contribution in [0.1, 0.15) is 213 Å². The Morgan fingerprint density at radius 2 is 0.906 bits per heavy atom. The predicted octanol–water partition coefficient (Wildman–Crippen LogP) is 9.48. The van der Waals surface area contributed by atoms with Crippen molar-refractivity contribution in [2.75, 3.05) is 13.1 Å². The maximum absolute atomic E-state index is 13.2. The zero-order chi connectivity index (χ0) is 39.2. The van der Waals surface area contributed by atoms with Gasteiger partial charge < -0.3 is 22.1 Å². The quantitative estimate of drug-likeness (QED) is 0.0182. The number of hydrogen-bond acceptors (Lipinski definition) is 6. The van der Waals surface area contributed by atoms with Gasteiger partial charge in [-0.15, -0.1) is 0 Å². The molecule has 0 aliphatic heterocycles. The van der Waals surface area contributed by atoms with Crippen molar-refractivity contribution >= 4 is 29.6 Å². The van der Waals surface area contributed by atoms with E-state index in [9.17, 15) is 19.2 Å². The second kappa shape index (κ2) is 37.6. The van der Waals surface area contributed by atoms with Gasteiger partial charge in [-0.25, -0.2) is 4.90 Å². The van der Waals surface area contributed by atoms with E-state index in [-0.39, 0.29) is 31.8 Å². The summed E-state index contributed by atoms with van der Waals surface area (Å²) in [6.45, 7) is 4.93. The van der Waals surface area contributed by atoms with Gasteiger partial charge in [0.1, 0.15) is 0 Å². The Kier molecular flexibility index (Phi) is 35.6. The molecule has 0 aromatic heterocycles. The highest BCUT2D eigenvalue weighted by atomic mass is 16.2. The summed E-state index contributed by atoms with van der Waals surface area (Å²) >= 11 is 0. The third-order valence-corrected chi connectivity index (χ3v) is 9.88. The van der Waals surface area contributed by atoms with Crippen LogP contribution in [0.5, 0.6) is 0 Å². The molecule has 0 aliphatic carbocycles. The second-order valence-electron chi connectivity index (χ2n) is 15.0. The fourth-order valence-corrected chi connectivity index (χ4v) is 6.49. The first-order valence-electron chi connectivity index (χ1n) is 21.9. The van der Waals surface area contributed by atoms with Crippen LogP contribution in [-0.2, 0) is 19.2 Å². The van der Waals surface area contributed by atoms with Crippen molar-refractivity contribution in [3.05, 3.63) is 12.2 Å². The molecular formula is C43H82N6O4. The summed E-state index contributed by atoms with van der Waals surface area (Å²) < 4.78 is 0. The van der Waals surface area contributed by atoms with Gasteiger partial charge in [-0.3, -0.25) is 24.6 Å². The van der Waals surface area contributed by atoms with Gasteiger partial charge in [0, 0.05) is 32.4 Å². The summed E-state index contributed by atoms with van der Waals surface area (Å²) in [5.41, 5.74) is 11.2. The minimum absolute atomic E-state index is 0.000265. The fourth-order valence-electron chi connectivity index (χ4n) is 6.49. The number of nitrogens with one attached hydrogen (secondary N) is 3. The van der Waals surface area contributed by atoms with Crippen LogP contribution in [0.25, 0.3) is 0 Å². The molecule has 0 radical (unpaired) electrons. The molecule has 0 aliphatic rings. The molecule has 308 valence electrons. The maximum Gasteiger partial charge on any atom is 0.237 e. The van der Waals surface area contributed by atoms with E-state index in [1.54, 1.807) is 0 Å². The van der Waals surface area contributed by atoms with Crippen molar-refractivity contribution in [2.24, 2.45) is 11.5 Å². The van der Waals surface area contributed by atoms with Crippen LogP contribution >= 0.6 is 0 Å². The van der Waals surface area contributed by atoms with Gasteiger partial charge in [-0.1, -0.05) is 154 Å². The summed E-state index contributed by atoms with van der Waals surface area (Å²) in [5, 5.41) is 12.5. The van der Waals surface area contributed by atoms with Crippen LogP contribution in [0.15, 0.2) is 12.2 Å². The lowest BCUT2D eigenvalue weighted by Gasteiger charge is -2.20. The van der Waals surface area contributed by atoms with Crippen LogP contribution in [-0.4, -0.2) is 53.6 Å². The number of carbonyl (C=O) groups excluding carboxylic acids is 4. The molecule has 4 amide bonds. The average molecular weight is 747 g/mol. The van der Waals surface area contributed by atoms with E-state index in [1.165, 1.54) is 103 Å². The topological polar surface area (TPSA) is 171 Å². The van der Waals surface area contributed by atoms with E-state index in [0.717, 1.165) is 56.3 Å². The SMILES string of the molecule is CCCCCCCC/C=C\CCCCCCCC(=O)N(C(=O)CCCCCCCCCCCCCCC)C(=O)CCNC(=O)C(N)CCCNC(=N)N. The van der Waals surface area contributed by atoms with E-state index < -0.39 is 29.7 Å². The molecule has 1 atom stereocenters. The summed E-state index contributed by atoms with van der Waals surface area (Å²) in [6, 6.07) is -0.769. The lowest BCUT2D eigenvalue weighted by atomic mass is 10.0. The zero-order valence-electron chi connectivity index (χ0n) is 34.3. The van der Waals surface area contributed by atoms with Crippen LogP contribution < -0.4 is 22.1 Å². The number of nitrogens with two attached hydrogens (primary N) is 2. The monoisotopic (exact) mass is 747 g/mol. The van der Waals surface area contributed by atoms with Crippen molar-refractivity contribution in [3.63, 3.8) is 0 Å². The Hall–Kier alpha value is -2.75. The van der Waals surface area contributed by atoms with E-state index in [2.05, 4.69) is 36.6 Å². The summed E-state index contributed by atoms with van der Waals surface area (Å²) in [7, 11) is 0. The first kappa shape index (κ1) is 50.2. The van der Waals surface area contributed by atoms with Gasteiger partial charge in [0.15, 0.2) is 5.96 Å². The Labute approximate surface area is 324 Å². The molecule has 0 spiro atoms. The highest BCUT2D eigenvalue weighted by molar-refractivity contribution is 6.10. The molecule has 10 heteroatoms. The molecule has 0 aromatic rings. The number of carbonyl (C=O) groups is 4. The van der Waals surface area contributed by atoms with Crippen molar-refractivity contribution in [3.8, 4) is 0 Å². The average Bonchev–Trinajstić information content (AvgIpc) is 3.13. The number of unbranched alkanes of at least 4 members (excludes halogenated alkanes) is 23. The molecular weight excluding hydrogens is 665 g/mol. The van der Waals surface area contributed by atoms with Crippen LogP contribution in [0.4, 0.5) is 0 Å². The lowest BCUT2D eigenvalue weighted by Crippen LogP contribution is -2.45. The second-order valence-corrected chi connectivity index (χ2v) is 15.0. The Morgan fingerprint density at radius 3 is 1.32 bits per heavy atom. The van der Waals surface area contributed by atoms with E-state index in [0.29, 0.717) is 32.2 Å². The number of rotatable bonds is 37. The molecule has 0 saturated carbocycles. The van der Waals surface area contributed by atoms with Crippen molar-refractivity contribution in [1.82, 2.24) is 15.5 Å². The van der Waals surface area contributed by atoms with Crippen molar-refractivity contribution in [1.29, 1.82) is 5.41 Å². The third kappa shape index (κ3) is 32.4. The summed E-state index contributed by atoms with van der Waals surface area (Å²) in [5.74, 6) is -1.97. The van der Waals surface area contributed by atoms with Crippen molar-refractivity contribution in [2.45, 2.75) is 219 Å². The molecule has 7 N–H and O–H groups in total. The molecule has 0 rings (SSSR count). The van der Waals surface area contributed by atoms with Crippen LogP contribution in [0, 0.1) is 5.41 Å². The van der Waals surface area contributed by atoms with Gasteiger partial charge in [0.05, 0.1) is 6.04 Å². The summed E-state index contributed by atoms with van der Waals surface area (Å²) in [6.07, 6.45) is 36.3.